The summed E-state index contributed by atoms with van der Waals surface area (Å²) in [6.07, 6.45) is -0.489. The Kier molecular flexibility index (Phi) is 6.63. The Morgan fingerprint density at radius 1 is 1.00 bits per heavy atom. The molecule has 0 saturated carbocycles. The van der Waals surface area contributed by atoms with Crippen LogP contribution in [0.5, 0.6) is 5.75 Å². The highest BCUT2D eigenvalue weighted by molar-refractivity contribution is 5.46. The van der Waals surface area contributed by atoms with Gasteiger partial charge in [0.05, 0.1) is 0 Å². The van der Waals surface area contributed by atoms with Gasteiger partial charge in [0.15, 0.2) is 0 Å². The van der Waals surface area contributed by atoms with Crippen LogP contribution in [-0.2, 0) is 5.41 Å². The van der Waals surface area contributed by atoms with Gasteiger partial charge in [-0.3, -0.25) is 4.90 Å². The first-order valence-corrected chi connectivity index (χ1v) is 10.3. The zero-order valence-corrected chi connectivity index (χ0v) is 17.7. The van der Waals surface area contributed by atoms with Gasteiger partial charge in [0.1, 0.15) is 18.5 Å². The summed E-state index contributed by atoms with van der Waals surface area (Å²) in [5.74, 6) is 0.881. The molecular formula is C24H34N2O2. The van der Waals surface area contributed by atoms with Crippen molar-refractivity contribution in [3.63, 3.8) is 0 Å². The number of aliphatic hydroxyl groups is 1. The molecule has 152 valence electrons. The van der Waals surface area contributed by atoms with Crippen molar-refractivity contribution in [3.8, 4) is 5.75 Å². The molecule has 3 rings (SSSR count). The van der Waals surface area contributed by atoms with E-state index < -0.39 is 6.10 Å². The third-order valence-electron chi connectivity index (χ3n) is 5.34. The number of rotatable bonds is 6. The number of aliphatic hydroxyl groups excluding tert-OH is 1. The molecule has 1 atom stereocenters. The highest BCUT2D eigenvalue weighted by Gasteiger charge is 2.22. The largest absolute Gasteiger partial charge is 0.491 e. The first-order chi connectivity index (χ1) is 13.3. The number of β-amino-alcohol motifs (C(OH)–C–C–N with tert-alkyl or cyclic N) is 1. The molecule has 1 N–H and O–H groups in total. The summed E-state index contributed by atoms with van der Waals surface area (Å²) >= 11 is 0. The minimum atomic E-state index is -0.489. The van der Waals surface area contributed by atoms with Gasteiger partial charge in [-0.25, -0.2) is 0 Å². The number of piperazine rings is 1. The Morgan fingerprint density at radius 2 is 1.68 bits per heavy atom. The fourth-order valence-corrected chi connectivity index (χ4v) is 3.72. The number of aryl methyl sites for hydroxylation is 1. The van der Waals surface area contributed by atoms with Crippen molar-refractivity contribution in [1.29, 1.82) is 0 Å². The van der Waals surface area contributed by atoms with Crippen molar-refractivity contribution in [2.45, 2.75) is 39.2 Å². The van der Waals surface area contributed by atoms with E-state index in [4.69, 9.17) is 4.74 Å². The topological polar surface area (TPSA) is 35.9 Å². The van der Waals surface area contributed by atoms with Crippen LogP contribution in [0.3, 0.4) is 0 Å². The van der Waals surface area contributed by atoms with E-state index in [9.17, 15) is 5.11 Å². The number of anilines is 1. The van der Waals surface area contributed by atoms with E-state index in [0.29, 0.717) is 13.2 Å². The highest BCUT2D eigenvalue weighted by atomic mass is 16.5. The molecule has 0 spiro atoms. The zero-order chi connectivity index (χ0) is 20.1. The second kappa shape index (κ2) is 8.97. The van der Waals surface area contributed by atoms with Crippen LogP contribution in [0.15, 0.2) is 48.5 Å². The number of benzene rings is 2. The number of ether oxygens (including phenoxy) is 1. The first-order valence-electron chi connectivity index (χ1n) is 10.3. The average molecular weight is 383 g/mol. The summed E-state index contributed by atoms with van der Waals surface area (Å²) in [4.78, 5) is 4.73. The van der Waals surface area contributed by atoms with E-state index in [2.05, 4.69) is 80.0 Å². The van der Waals surface area contributed by atoms with Crippen molar-refractivity contribution in [3.05, 3.63) is 59.7 Å². The summed E-state index contributed by atoms with van der Waals surface area (Å²) in [6, 6.07) is 16.8. The van der Waals surface area contributed by atoms with Gasteiger partial charge in [0.2, 0.25) is 0 Å². The summed E-state index contributed by atoms with van der Waals surface area (Å²) in [5, 5.41) is 10.5. The molecule has 0 bridgehead atoms. The molecule has 0 aliphatic carbocycles. The second-order valence-electron chi connectivity index (χ2n) is 8.84. The molecule has 4 heteroatoms. The maximum Gasteiger partial charge on any atom is 0.123 e. The summed E-state index contributed by atoms with van der Waals surface area (Å²) in [5.41, 5.74) is 3.71. The molecule has 2 aromatic carbocycles. The molecule has 1 saturated heterocycles. The number of hydrogen-bond acceptors (Lipinski definition) is 4. The molecule has 1 fully saturated rings. The standard InChI is InChI=1S/C24H34N2O2/c1-19-10-11-23(22(16-19)24(2,3)4)28-18-21(27)17-25-12-14-26(15-13-25)20-8-6-5-7-9-20/h5-11,16,21,27H,12-15,17-18H2,1-4H3/t21-/m0/s1. The smallest absolute Gasteiger partial charge is 0.123 e. The van der Waals surface area contributed by atoms with Gasteiger partial charge >= 0.3 is 0 Å². The van der Waals surface area contributed by atoms with Gasteiger partial charge in [0, 0.05) is 38.4 Å². The molecular weight excluding hydrogens is 348 g/mol. The maximum atomic E-state index is 10.5. The molecule has 4 nitrogen and oxygen atoms in total. The summed E-state index contributed by atoms with van der Waals surface area (Å²) in [6.45, 7) is 13.6. The van der Waals surface area contributed by atoms with E-state index in [0.717, 1.165) is 31.9 Å². The van der Waals surface area contributed by atoms with Gasteiger partial charge in [0.25, 0.3) is 0 Å². The third kappa shape index (κ3) is 5.49. The Morgan fingerprint density at radius 3 is 2.32 bits per heavy atom. The normalized spacial score (nSPS) is 16.8. The van der Waals surface area contributed by atoms with E-state index in [-0.39, 0.29) is 5.41 Å². The second-order valence-corrected chi connectivity index (χ2v) is 8.84. The van der Waals surface area contributed by atoms with Crippen molar-refractivity contribution in [2.24, 2.45) is 0 Å². The lowest BCUT2D eigenvalue weighted by Crippen LogP contribution is -2.49. The Bertz CT molecular complexity index is 747. The zero-order valence-electron chi connectivity index (χ0n) is 17.7. The molecule has 0 radical (unpaired) electrons. The van der Waals surface area contributed by atoms with Crippen LogP contribution in [-0.4, -0.2) is 55.4 Å². The quantitative estimate of drug-likeness (QED) is 0.823. The fraction of sp³-hybridized carbons (Fsp3) is 0.500. The van der Waals surface area contributed by atoms with Crippen LogP contribution >= 0.6 is 0 Å². The molecule has 2 aromatic rings. The fourth-order valence-electron chi connectivity index (χ4n) is 3.72. The van der Waals surface area contributed by atoms with Gasteiger partial charge in [-0.05, 0) is 36.1 Å². The van der Waals surface area contributed by atoms with Crippen molar-refractivity contribution in [1.82, 2.24) is 4.90 Å². The highest BCUT2D eigenvalue weighted by Crippen LogP contribution is 2.32. The average Bonchev–Trinajstić information content (AvgIpc) is 2.67. The molecule has 1 heterocycles. The summed E-state index contributed by atoms with van der Waals surface area (Å²) in [7, 11) is 0. The number of para-hydroxylation sites is 1. The van der Waals surface area contributed by atoms with Crippen LogP contribution in [0.1, 0.15) is 31.9 Å². The minimum absolute atomic E-state index is 0.0140. The maximum absolute atomic E-state index is 10.5. The minimum Gasteiger partial charge on any atom is -0.491 e. The van der Waals surface area contributed by atoms with Crippen LogP contribution in [0.2, 0.25) is 0 Å². The van der Waals surface area contributed by atoms with Gasteiger partial charge < -0.3 is 14.7 Å². The van der Waals surface area contributed by atoms with E-state index in [1.165, 1.54) is 16.8 Å². The lowest BCUT2D eigenvalue weighted by molar-refractivity contribution is 0.0656. The predicted molar refractivity (Wildman–Crippen MR) is 116 cm³/mol. The van der Waals surface area contributed by atoms with Crippen LogP contribution < -0.4 is 9.64 Å². The summed E-state index contributed by atoms with van der Waals surface area (Å²) < 4.78 is 6.03. The molecule has 28 heavy (non-hydrogen) atoms. The molecule has 0 aromatic heterocycles. The van der Waals surface area contributed by atoms with Crippen LogP contribution in [0.4, 0.5) is 5.69 Å². The molecule has 0 unspecified atom stereocenters. The van der Waals surface area contributed by atoms with Crippen molar-refractivity contribution < 1.29 is 9.84 Å². The van der Waals surface area contributed by atoms with E-state index >= 15 is 0 Å². The number of hydrogen-bond donors (Lipinski definition) is 1. The lowest BCUT2D eigenvalue weighted by atomic mass is 9.85. The number of nitrogens with zero attached hydrogens (tertiary/aromatic N) is 2. The predicted octanol–water partition coefficient (Wildman–Crippen LogP) is 3.85. The monoisotopic (exact) mass is 382 g/mol. The Balaban J connectivity index is 1.49. The Hall–Kier alpha value is -2.04. The van der Waals surface area contributed by atoms with Gasteiger partial charge in [-0.1, -0.05) is 56.7 Å². The first kappa shape index (κ1) is 20.7. The molecule has 0 amide bonds. The molecule has 1 aliphatic heterocycles. The Labute approximate surface area is 169 Å². The van der Waals surface area contributed by atoms with Crippen molar-refractivity contribution in [2.75, 3.05) is 44.2 Å². The van der Waals surface area contributed by atoms with Crippen molar-refractivity contribution >= 4 is 5.69 Å². The third-order valence-corrected chi connectivity index (χ3v) is 5.34. The lowest BCUT2D eigenvalue weighted by Gasteiger charge is -2.36. The van der Waals surface area contributed by atoms with E-state index in [1.807, 2.05) is 6.07 Å². The van der Waals surface area contributed by atoms with E-state index in [1.54, 1.807) is 0 Å². The molecule has 1 aliphatic rings. The SMILES string of the molecule is Cc1ccc(OC[C@@H](O)CN2CCN(c3ccccc3)CC2)c(C(C)(C)C)c1. The van der Waals surface area contributed by atoms with Crippen LogP contribution in [0, 0.1) is 6.92 Å². The van der Waals surface area contributed by atoms with Gasteiger partial charge in [-0.15, -0.1) is 0 Å². The van der Waals surface area contributed by atoms with Gasteiger partial charge in [-0.2, -0.15) is 0 Å². The van der Waals surface area contributed by atoms with Crippen LogP contribution in [0.25, 0.3) is 0 Å².